The van der Waals surface area contributed by atoms with Crippen LogP contribution in [0.2, 0.25) is 0 Å². The Bertz CT molecular complexity index is 466. The van der Waals surface area contributed by atoms with Crippen LogP contribution in [0.15, 0.2) is 0 Å². The lowest BCUT2D eigenvalue weighted by atomic mass is 10.0. The lowest BCUT2D eigenvalue weighted by Gasteiger charge is -2.31. The fraction of sp³-hybridized carbons (Fsp3) is 0.667. The van der Waals surface area contributed by atoms with E-state index in [2.05, 4.69) is 14.9 Å². The van der Waals surface area contributed by atoms with Gasteiger partial charge in [-0.05, 0) is 30.8 Å². The highest BCUT2D eigenvalue weighted by molar-refractivity contribution is 7.08. The first-order chi connectivity index (χ1) is 9.11. The Morgan fingerprint density at radius 2 is 2.11 bits per heavy atom. The van der Waals surface area contributed by atoms with Gasteiger partial charge in [0.25, 0.3) is 5.91 Å². The average Bonchev–Trinajstić information content (AvgIpc) is 2.87. The molecule has 0 saturated carbocycles. The van der Waals surface area contributed by atoms with E-state index in [9.17, 15) is 9.59 Å². The highest BCUT2D eigenvalue weighted by Crippen LogP contribution is 2.14. The molecule has 1 aliphatic heterocycles. The molecular formula is C12H18N4O2S. The summed E-state index contributed by atoms with van der Waals surface area (Å²) in [5, 5.41) is 6.95. The number of hydrogen-bond donors (Lipinski definition) is 1. The number of rotatable bonds is 3. The van der Waals surface area contributed by atoms with Gasteiger partial charge in [-0.2, -0.15) is 0 Å². The monoisotopic (exact) mass is 282 g/mol. The van der Waals surface area contributed by atoms with Gasteiger partial charge in [0.1, 0.15) is 4.88 Å². The van der Waals surface area contributed by atoms with Crippen LogP contribution in [-0.2, 0) is 11.2 Å². The fourth-order valence-corrected chi connectivity index (χ4v) is 2.86. The lowest BCUT2D eigenvalue weighted by molar-refractivity contribution is -0.129. The maximum atomic E-state index is 12.1. The van der Waals surface area contributed by atoms with E-state index in [1.54, 1.807) is 6.92 Å². The summed E-state index contributed by atoms with van der Waals surface area (Å²) in [6, 6.07) is 0.134. The van der Waals surface area contributed by atoms with Gasteiger partial charge in [0.15, 0.2) is 0 Å². The molecule has 0 radical (unpaired) electrons. The number of likely N-dealkylation sites (tertiary alicyclic amines) is 1. The Morgan fingerprint density at radius 3 is 2.68 bits per heavy atom. The van der Waals surface area contributed by atoms with Crippen LogP contribution < -0.4 is 5.32 Å². The minimum Gasteiger partial charge on any atom is -0.348 e. The number of aromatic nitrogens is 2. The number of aryl methyl sites for hydroxylation is 1. The molecule has 2 heterocycles. The van der Waals surface area contributed by atoms with E-state index in [-0.39, 0.29) is 17.9 Å². The van der Waals surface area contributed by atoms with Gasteiger partial charge >= 0.3 is 0 Å². The molecule has 19 heavy (non-hydrogen) atoms. The molecule has 1 fully saturated rings. The number of amides is 2. The summed E-state index contributed by atoms with van der Waals surface area (Å²) in [6.07, 6.45) is 2.32. The molecule has 104 valence electrons. The van der Waals surface area contributed by atoms with E-state index < -0.39 is 0 Å². The van der Waals surface area contributed by atoms with E-state index >= 15 is 0 Å². The summed E-state index contributed by atoms with van der Waals surface area (Å²) < 4.78 is 3.82. The summed E-state index contributed by atoms with van der Waals surface area (Å²) in [5.74, 6) is 0.0119. The van der Waals surface area contributed by atoms with Crippen LogP contribution in [0.1, 0.15) is 42.1 Å². The molecule has 0 atom stereocenters. The van der Waals surface area contributed by atoms with Crippen LogP contribution in [0, 0.1) is 0 Å². The first kappa shape index (κ1) is 13.9. The van der Waals surface area contributed by atoms with Crippen LogP contribution in [-0.4, -0.2) is 45.4 Å². The molecule has 0 bridgehead atoms. The van der Waals surface area contributed by atoms with Crippen molar-refractivity contribution >= 4 is 23.3 Å². The molecule has 1 saturated heterocycles. The minimum absolute atomic E-state index is 0.0897. The Balaban J connectivity index is 1.89. The third-order valence-electron chi connectivity index (χ3n) is 3.37. The van der Waals surface area contributed by atoms with Crippen LogP contribution >= 0.6 is 11.5 Å². The molecule has 0 aliphatic carbocycles. The van der Waals surface area contributed by atoms with Crippen molar-refractivity contribution in [2.45, 2.75) is 39.2 Å². The van der Waals surface area contributed by atoms with Crippen molar-refractivity contribution in [3.8, 4) is 0 Å². The fourth-order valence-electron chi connectivity index (χ4n) is 2.20. The molecule has 0 unspecified atom stereocenters. The molecule has 1 aliphatic rings. The summed E-state index contributed by atoms with van der Waals surface area (Å²) in [4.78, 5) is 25.8. The van der Waals surface area contributed by atoms with Crippen molar-refractivity contribution in [3.05, 3.63) is 10.6 Å². The standard InChI is InChI=1S/C12H18N4O2S/c1-3-10-11(19-15-14-10)12(18)13-9-4-6-16(7-5-9)8(2)17/h9H,3-7H2,1-2H3,(H,13,18). The molecule has 2 amide bonds. The van der Waals surface area contributed by atoms with Crippen LogP contribution in [0.3, 0.4) is 0 Å². The topological polar surface area (TPSA) is 75.2 Å². The third-order valence-corrected chi connectivity index (χ3v) is 4.14. The van der Waals surface area contributed by atoms with Gasteiger partial charge in [0.2, 0.25) is 5.91 Å². The zero-order chi connectivity index (χ0) is 13.8. The van der Waals surface area contributed by atoms with E-state index in [1.807, 2.05) is 11.8 Å². The Labute approximate surface area is 116 Å². The van der Waals surface area contributed by atoms with Crippen molar-refractivity contribution in [2.75, 3.05) is 13.1 Å². The quantitative estimate of drug-likeness (QED) is 0.891. The average molecular weight is 282 g/mol. The van der Waals surface area contributed by atoms with Gasteiger partial charge in [0.05, 0.1) is 5.69 Å². The highest BCUT2D eigenvalue weighted by atomic mass is 32.1. The van der Waals surface area contributed by atoms with Gasteiger partial charge in [-0.3, -0.25) is 9.59 Å². The summed E-state index contributed by atoms with van der Waals surface area (Å²) in [7, 11) is 0. The molecule has 1 N–H and O–H groups in total. The maximum Gasteiger partial charge on any atom is 0.265 e. The van der Waals surface area contributed by atoms with Gasteiger partial charge < -0.3 is 10.2 Å². The van der Waals surface area contributed by atoms with E-state index in [1.165, 1.54) is 0 Å². The molecule has 0 aromatic carbocycles. The Morgan fingerprint density at radius 1 is 1.42 bits per heavy atom. The predicted octanol–water partition coefficient (Wildman–Crippen LogP) is 0.841. The predicted molar refractivity (Wildman–Crippen MR) is 72.0 cm³/mol. The second-order valence-corrected chi connectivity index (χ2v) is 5.41. The summed E-state index contributed by atoms with van der Waals surface area (Å²) in [6.45, 7) is 4.96. The summed E-state index contributed by atoms with van der Waals surface area (Å²) in [5.41, 5.74) is 0.753. The molecule has 1 aromatic rings. The molecule has 7 heteroatoms. The highest BCUT2D eigenvalue weighted by Gasteiger charge is 2.24. The Kier molecular flexibility index (Phi) is 4.47. The van der Waals surface area contributed by atoms with E-state index in [0.717, 1.165) is 30.1 Å². The Hall–Kier alpha value is -1.50. The molecular weight excluding hydrogens is 264 g/mol. The zero-order valence-corrected chi connectivity index (χ0v) is 12.0. The molecule has 0 spiro atoms. The van der Waals surface area contributed by atoms with E-state index in [0.29, 0.717) is 24.4 Å². The lowest BCUT2D eigenvalue weighted by Crippen LogP contribution is -2.46. The molecule has 2 rings (SSSR count). The van der Waals surface area contributed by atoms with Crippen molar-refractivity contribution in [1.82, 2.24) is 19.8 Å². The second-order valence-electron chi connectivity index (χ2n) is 4.66. The van der Waals surface area contributed by atoms with Gasteiger partial charge in [-0.15, -0.1) is 5.10 Å². The normalized spacial score (nSPS) is 16.4. The van der Waals surface area contributed by atoms with Gasteiger partial charge in [-0.25, -0.2) is 0 Å². The zero-order valence-electron chi connectivity index (χ0n) is 11.2. The molecule has 1 aromatic heterocycles. The summed E-state index contributed by atoms with van der Waals surface area (Å²) >= 11 is 1.14. The number of carbonyl (C=O) groups excluding carboxylic acids is 2. The molecule has 6 nitrogen and oxygen atoms in total. The first-order valence-corrected chi connectivity index (χ1v) is 7.26. The van der Waals surface area contributed by atoms with Crippen molar-refractivity contribution in [1.29, 1.82) is 0 Å². The van der Waals surface area contributed by atoms with Gasteiger partial charge in [-0.1, -0.05) is 11.4 Å². The van der Waals surface area contributed by atoms with Crippen molar-refractivity contribution in [2.24, 2.45) is 0 Å². The third kappa shape index (κ3) is 3.28. The smallest absolute Gasteiger partial charge is 0.265 e. The SMILES string of the molecule is CCc1nnsc1C(=O)NC1CCN(C(C)=O)CC1. The maximum absolute atomic E-state index is 12.1. The van der Waals surface area contributed by atoms with Crippen LogP contribution in [0.25, 0.3) is 0 Å². The second kappa shape index (κ2) is 6.10. The van der Waals surface area contributed by atoms with Crippen LogP contribution in [0.4, 0.5) is 0 Å². The van der Waals surface area contributed by atoms with Gasteiger partial charge in [0, 0.05) is 26.1 Å². The van der Waals surface area contributed by atoms with E-state index in [4.69, 9.17) is 0 Å². The van der Waals surface area contributed by atoms with Crippen molar-refractivity contribution in [3.63, 3.8) is 0 Å². The largest absolute Gasteiger partial charge is 0.348 e. The number of carbonyl (C=O) groups is 2. The van der Waals surface area contributed by atoms with Crippen LogP contribution in [0.5, 0.6) is 0 Å². The number of nitrogens with zero attached hydrogens (tertiary/aromatic N) is 3. The van der Waals surface area contributed by atoms with Crippen molar-refractivity contribution < 1.29 is 9.59 Å². The first-order valence-electron chi connectivity index (χ1n) is 6.49. The number of hydrogen-bond acceptors (Lipinski definition) is 5. The number of nitrogens with one attached hydrogen (secondary N) is 1. The minimum atomic E-state index is -0.0897. The number of piperidine rings is 1.